The van der Waals surface area contributed by atoms with Crippen LogP contribution in [-0.4, -0.2) is 154 Å². The number of carbonyl (C=O) groups is 17. The molecule has 0 spiro atoms. The second-order valence-corrected chi connectivity index (χ2v) is 29.1. The summed E-state index contributed by atoms with van der Waals surface area (Å²) in [6, 6.07) is 51.6. The minimum absolute atomic E-state index is 0. The summed E-state index contributed by atoms with van der Waals surface area (Å²) in [5.74, 6) is -14.4. The second kappa shape index (κ2) is 63.8. The summed E-state index contributed by atoms with van der Waals surface area (Å²) in [4.78, 5) is 210. The van der Waals surface area contributed by atoms with Crippen LogP contribution in [0.4, 0.5) is 0 Å². The van der Waals surface area contributed by atoms with Crippen LogP contribution in [0.3, 0.4) is 0 Å². The SMILES string of the molecule is C.C.CCCC/C(CC(=O)[C@H](C)NC(=O)[C@@H](CC(=O)c1ccccc1)Cc1ccccc1)=C(/OC(=O)C(=O)OCC)C(=O)OCC.CCCCC(CC(=O)[C@H](C)NC(=O)[C@@H](CC(=O)c1ccccc1)Cc1ccccc1)C(=O)C(=O)OCC.CCCC[C@H](CC(=O)[C@H](C)NC(=O)[C@@H](CC(=O)c1ccccc1)Cc1ccccc1)C(=O)O.CCOC(=O)C(=O)Cl.O. The maximum Gasteiger partial charge on any atom is 0.423 e. The van der Waals surface area contributed by atoms with Crippen molar-refractivity contribution in [1.29, 1.82) is 0 Å². The highest BCUT2D eigenvalue weighted by atomic mass is 35.5. The van der Waals surface area contributed by atoms with Crippen LogP contribution in [0.2, 0.25) is 0 Å². The molecule has 27 nitrogen and oxygen atoms in total. The Labute approximate surface area is 739 Å². The summed E-state index contributed by atoms with van der Waals surface area (Å²) >= 11 is 4.69. The summed E-state index contributed by atoms with van der Waals surface area (Å²) in [5, 5.41) is 16.5. The third-order valence-corrected chi connectivity index (χ3v) is 19.3. The molecule has 6 rings (SSSR count). The molecule has 125 heavy (non-hydrogen) atoms. The molecule has 0 saturated heterocycles. The van der Waals surface area contributed by atoms with E-state index in [0.717, 1.165) is 36.0 Å². The zero-order chi connectivity index (χ0) is 90.5. The fourth-order valence-electron chi connectivity index (χ4n) is 12.4. The van der Waals surface area contributed by atoms with Crippen molar-refractivity contribution in [2.24, 2.45) is 29.6 Å². The van der Waals surface area contributed by atoms with Gasteiger partial charge in [0.25, 0.3) is 0 Å². The Morgan fingerprint density at radius 3 is 0.960 bits per heavy atom. The number of ether oxygens (including phenoxy) is 5. The van der Waals surface area contributed by atoms with Crippen LogP contribution in [0, 0.1) is 29.6 Å². The van der Waals surface area contributed by atoms with Gasteiger partial charge < -0.3 is 50.2 Å². The first-order valence-corrected chi connectivity index (χ1v) is 41.7. The molecule has 0 bridgehead atoms. The van der Waals surface area contributed by atoms with Gasteiger partial charge in [-0.25, -0.2) is 24.0 Å². The molecular formula is C97H126ClN3O24. The highest BCUT2D eigenvalue weighted by molar-refractivity contribution is 6.80. The van der Waals surface area contributed by atoms with Gasteiger partial charge in [0.05, 0.1) is 50.5 Å². The molecule has 6 aromatic carbocycles. The molecule has 0 aromatic heterocycles. The number of benzene rings is 6. The number of aliphatic carboxylic acids is 1. The molecule has 1 unspecified atom stereocenters. The molecule has 0 aliphatic carbocycles. The van der Waals surface area contributed by atoms with Gasteiger partial charge in [-0.2, -0.15) is 0 Å². The number of carboxylic acid groups (broad SMARTS) is 1. The van der Waals surface area contributed by atoms with Gasteiger partial charge in [-0.05, 0) is 127 Å². The van der Waals surface area contributed by atoms with E-state index in [1.165, 1.54) is 13.8 Å². The highest BCUT2D eigenvalue weighted by Gasteiger charge is 2.35. The first kappa shape index (κ1) is 113. The smallest absolute Gasteiger partial charge is 0.423 e. The molecule has 0 aliphatic rings. The van der Waals surface area contributed by atoms with Crippen molar-refractivity contribution in [2.45, 2.75) is 218 Å². The van der Waals surface area contributed by atoms with Crippen LogP contribution in [0.5, 0.6) is 0 Å². The molecule has 6 N–H and O–H groups in total. The maximum atomic E-state index is 13.5. The van der Waals surface area contributed by atoms with E-state index >= 15 is 0 Å². The Morgan fingerprint density at radius 2 is 0.648 bits per heavy atom. The lowest BCUT2D eigenvalue weighted by Crippen LogP contribution is -2.44. The first-order valence-electron chi connectivity index (χ1n) is 41.3. The van der Waals surface area contributed by atoms with Crippen LogP contribution in [0.1, 0.15) is 228 Å². The van der Waals surface area contributed by atoms with Crippen molar-refractivity contribution in [2.75, 3.05) is 26.4 Å². The third-order valence-electron chi connectivity index (χ3n) is 19.2. The standard InChI is InChI=1S/C34H41NO9.C30H37NO6.C27H33NO5.C4H5ClO3.2CH4.H2O/c1-5-8-17-26(30(32(39)42-6-2)44-34(41)33(40)43-7-3)21-28(36)23(4)35-31(38)27(20-24-15-11-9-12-16-24)22-29(37)25-18-13-10-14-19-25;1-4-6-15-24(28(34)30(36)37-5-2)19-26(32)21(3)31-29(35)25(18-22-13-9-7-10-14-22)20-27(33)23-16-11-8-12-17-23;1-3-4-13-22(27(32)33)17-24(29)19(2)28-26(31)23(16-20-11-7-5-8-12-20)18-25(30)21-14-9-6-10-15-21;1-2-8-4(7)3(5)6;;;/h9-16,18-19,23,27H,5-8,17,20-22H2,1-4H3,(H,35,38);7-14,16-17,21,24-25H,4-6,15,18-20H2,1-3H3,(H,31,35);5-12,14-15,19,22-23H,3-4,13,16-18H2,1-2H3,(H,28,31)(H,32,33);2H2,1H3;2*1H4;1H2/b30-26-;;;;;;/t23-,27+;21-,24?,25+;19-,22+,23+;;;;/m000..../s1. The molecule has 6 aromatic rings. The zero-order valence-electron chi connectivity index (χ0n) is 71.8. The predicted molar refractivity (Wildman–Crippen MR) is 475 cm³/mol. The first-order chi connectivity index (χ1) is 58.4. The van der Waals surface area contributed by atoms with Gasteiger partial charge >= 0.3 is 41.1 Å². The van der Waals surface area contributed by atoms with E-state index in [9.17, 15) is 86.6 Å². The van der Waals surface area contributed by atoms with Crippen molar-refractivity contribution < 1.29 is 116 Å². The van der Waals surface area contributed by atoms with Crippen molar-refractivity contribution in [3.8, 4) is 0 Å². The van der Waals surface area contributed by atoms with E-state index in [2.05, 4.69) is 25.4 Å². The second-order valence-electron chi connectivity index (χ2n) is 28.8. The van der Waals surface area contributed by atoms with Crippen molar-refractivity contribution >= 4 is 111 Å². The molecule has 0 radical (unpaired) electrons. The number of carbonyl (C=O) groups excluding carboxylic acids is 16. The van der Waals surface area contributed by atoms with Crippen molar-refractivity contribution in [1.82, 2.24) is 16.0 Å². The fourth-order valence-corrected chi connectivity index (χ4v) is 12.4. The number of ketones is 7. The van der Waals surface area contributed by atoms with Gasteiger partial charge in [-0.15, -0.1) is 0 Å². The summed E-state index contributed by atoms with van der Waals surface area (Å²) in [6.45, 7) is 16.9. The van der Waals surface area contributed by atoms with E-state index in [4.69, 9.17) is 25.8 Å². The minimum atomic E-state index is -1.41. The highest BCUT2D eigenvalue weighted by Crippen LogP contribution is 2.26. The lowest BCUT2D eigenvalue weighted by molar-refractivity contribution is -0.167. The number of esters is 5. The number of hydrogen-bond acceptors (Lipinski definition) is 22. The van der Waals surface area contributed by atoms with E-state index in [1.54, 1.807) is 113 Å². The molecule has 0 aliphatic heterocycles. The number of halogens is 1. The Hall–Kier alpha value is -12.1. The van der Waals surface area contributed by atoms with Crippen molar-refractivity contribution in [3.63, 3.8) is 0 Å². The molecular weight excluding hydrogens is 1630 g/mol. The van der Waals surface area contributed by atoms with E-state index < -0.39 is 118 Å². The van der Waals surface area contributed by atoms with Crippen LogP contribution in [-0.2, 0) is 110 Å². The van der Waals surface area contributed by atoms with Crippen LogP contribution in [0.25, 0.3) is 0 Å². The molecule has 0 heterocycles. The average Bonchev–Trinajstić information content (AvgIpc) is 0.860. The van der Waals surface area contributed by atoms with E-state index in [1.807, 2.05) is 124 Å². The quantitative estimate of drug-likeness (QED) is 0.00524. The summed E-state index contributed by atoms with van der Waals surface area (Å²) in [5.41, 5.74) is 4.39. The molecule has 0 fully saturated rings. The van der Waals surface area contributed by atoms with E-state index in [-0.39, 0.29) is 139 Å². The van der Waals surface area contributed by atoms with Gasteiger partial charge in [0.15, 0.2) is 34.7 Å². The lowest BCUT2D eigenvalue weighted by Gasteiger charge is -2.21. The van der Waals surface area contributed by atoms with Gasteiger partial charge in [0, 0.05) is 78.9 Å². The Morgan fingerprint density at radius 1 is 0.352 bits per heavy atom. The maximum absolute atomic E-state index is 13.5. The largest absolute Gasteiger partial charge is 0.481 e. The summed E-state index contributed by atoms with van der Waals surface area (Å²) in [7, 11) is 0. The molecule has 680 valence electrons. The normalized spacial score (nSPS) is 12.4. The minimum Gasteiger partial charge on any atom is -0.481 e. The average molecular weight is 1750 g/mol. The van der Waals surface area contributed by atoms with Gasteiger partial charge in [0.1, 0.15) is 0 Å². The van der Waals surface area contributed by atoms with Crippen molar-refractivity contribution in [3.05, 3.63) is 227 Å². The number of Topliss-reactive ketones (excluding diaryl/α,β-unsaturated/α-hetero) is 7. The fraction of sp³-hybridized carbons (Fsp3) is 0.433. The predicted octanol–water partition coefficient (Wildman–Crippen LogP) is 14.5. The zero-order valence-corrected chi connectivity index (χ0v) is 72.6. The number of hydrogen-bond donors (Lipinski definition) is 4. The molecule has 28 heteroatoms. The molecule has 8 atom stereocenters. The lowest BCUT2D eigenvalue weighted by atomic mass is 9.89. The van der Waals surface area contributed by atoms with E-state index in [0.29, 0.717) is 61.6 Å². The van der Waals surface area contributed by atoms with Crippen LogP contribution in [0.15, 0.2) is 193 Å². The third kappa shape index (κ3) is 43.7. The number of unbranched alkanes of at least 4 members (excludes halogenated alkanes) is 3. The summed E-state index contributed by atoms with van der Waals surface area (Å²) in [6.07, 6.45) is 5.63. The Kier molecular flexibility index (Phi) is 57.6. The Bertz CT molecular complexity index is 4410. The summed E-state index contributed by atoms with van der Waals surface area (Å²) < 4.78 is 23.8. The van der Waals surface area contributed by atoms with Crippen LogP contribution < -0.4 is 16.0 Å². The topological polar surface area (TPSA) is 424 Å². The van der Waals surface area contributed by atoms with Crippen LogP contribution >= 0.6 is 11.6 Å². The van der Waals surface area contributed by atoms with Gasteiger partial charge in [-0.1, -0.05) is 250 Å². The molecule has 0 saturated carbocycles. The number of allylic oxidation sites excluding steroid dienone is 1. The molecule has 3 amide bonds. The monoisotopic (exact) mass is 1750 g/mol. The number of carboxylic acids is 1. The van der Waals surface area contributed by atoms with Gasteiger partial charge in [0.2, 0.25) is 29.3 Å². The number of amides is 3. The Balaban J connectivity index is 0.00000176. The number of rotatable bonds is 49. The van der Waals surface area contributed by atoms with Gasteiger partial charge in [-0.3, -0.25) is 57.5 Å². The number of nitrogens with one attached hydrogen (secondary N) is 3.